The van der Waals surface area contributed by atoms with Gasteiger partial charge in [0.15, 0.2) is 0 Å². The van der Waals surface area contributed by atoms with Crippen LogP contribution in [0.4, 0.5) is 0 Å². The number of nitrogens with one attached hydrogen (secondary N) is 1. The second-order valence-electron chi connectivity index (χ2n) is 8.23. The van der Waals surface area contributed by atoms with Gasteiger partial charge in [0.2, 0.25) is 0 Å². The molecule has 3 heterocycles. The zero-order valence-corrected chi connectivity index (χ0v) is 17.3. The quantitative estimate of drug-likeness (QED) is 0.712. The first-order valence-corrected chi connectivity index (χ1v) is 10.5. The monoisotopic (exact) mass is 381 g/mol. The summed E-state index contributed by atoms with van der Waals surface area (Å²) in [4.78, 5) is 25.2. The first kappa shape index (κ1) is 18.4. The number of likely N-dealkylation sites (tertiary alicyclic amines) is 1. The van der Waals surface area contributed by atoms with Gasteiger partial charge in [-0.25, -0.2) is 4.98 Å². The van der Waals surface area contributed by atoms with Crippen LogP contribution in [-0.4, -0.2) is 28.0 Å². The van der Waals surface area contributed by atoms with Crippen molar-refractivity contribution in [1.29, 1.82) is 0 Å². The highest BCUT2D eigenvalue weighted by Crippen LogP contribution is 2.35. The Kier molecular flexibility index (Phi) is 4.91. The van der Waals surface area contributed by atoms with Gasteiger partial charge in [-0.2, -0.15) is 0 Å². The van der Waals surface area contributed by atoms with E-state index in [-0.39, 0.29) is 5.56 Å². The second kappa shape index (κ2) is 7.21. The Morgan fingerprint density at radius 1 is 1.15 bits per heavy atom. The molecule has 1 aliphatic heterocycles. The van der Waals surface area contributed by atoms with Crippen LogP contribution >= 0.6 is 11.3 Å². The average Bonchev–Trinajstić information content (AvgIpc) is 2.91. The van der Waals surface area contributed by atoms with Crippen LogP contribution in [0.25, 0.3) is 21.3 Å². The van der Waals surface area contributed by atoms with Crippen LogP contribution in [0.1, 0.15) is 36.5 Å². The number of nitrogens with zero attached hydrogens (tertiary/aromatic N) is 2. The summed E-state index contributed by atoms with van der Waals surface area (Å²) >= 11 is 1.62. The number of benzene rings is 1. The van der Waals surface area contributed by atoms with E-state index >= 15 is 0 Å². The molecular weight excluding hydrogens is 354 g/mol. The fourth-order valence-corrected chi connectivity index (χ4v) is 5.50. The normalized spacial score (nSPS) is 21.0. The lowest BCUT2D eigenvalue weighted by molar-refractivity contribution is 0.131. The first-order chi connectivity index (χ1) is 12.9. The Labute approximate surface area is 164 Å². The standard InChI is InChI=1S/C22H27N3OS/c1-13-5-7-17(8-6-13)19-16(4)27-22-20(19)21(26)23-18(24-22)12-25-10-14(2)9-15(3)11-25/h5-8,14-15H,9-12H2,1-4H3,(H,23,24,26)/t14-,15+. The number of aromatic nitrogens is 2. The highest BCUT2D eigenvalue weighted by molar-refractivity contribution is 7.19. The Hall–Kier alpha value is -1.98. The first-order valence-electron chi connectivity index (χ1n) is 9.72. The van der Waals surface area contributed by atoms with Crippen LogP contribution in [0.15, 0.2) is 29.1 Å². The summed E-state index contributed by atoms with van der Waals surface area (Å²) in [5.74, 6) is 2.17. The van der Waals surface area contributed by atoms with Crippen molar-refractivity contribution in [1.82, 2.24) is 14.9 Å². The minimum absolute atomic E-state index is 0.0203. The van der Waals surface area contributed by atoms with Crippen LogP contribution in [0, 0.1) is 25.7 Å². The number of aromatic amines is 1. The zero-order chi connectivity index (χ0) is 19.1. The lowest BCUT2D eigenvalue weighted by atomic mass is 9.92. The van der Waals surface area contributed by atoms with Crippen LogP contribution in [-0.2, 0) is 6.54 Å². The van der Waals surface area contributed by atoms with Crippen LogP contribution in [0.5, 0.6) is 0 Å². The highest BCUT2D eigenvalue weighted by atomic mass is 32.1. The molecule has 4 rings (SSSR count). The molecule has 0 amide bonds. The van der Waals surface area contributed by atoms with Crippen molar-refractivity contribution in [2.24, 2.45) is 11.8 Å². The van der Waals surface area contributed by atoms with E-state index in [9.17, 15) is 4.79 Å². The third-order valence-corrected chi connectivity index (χ3v) is 6.44. The molecule has 1 aliphatic rings. The van der Waals surface area contributed by atoms with E-state index in [0.717, 1.165) is 51.7 Å². The molecule has 1 saturated heterocycles. The van der Waals surface area contributed by atoms with Gasteiger partial charge in [0, 0.05) is 23.5 Å². The highest BCUT2D eigenvalue weighted by Gasteiger charge is 2.23. The van der Waals surface area contributed by atoms with Crippen molar-refractivity contribution in [2.75, 3.05) is 13.1 Å². The van der Waals surface area contributed by atoms with Crippen molar-refractivity contribution in [3.63, 3.8) is 0 Å². The summed E-state index contributed by atoms with van der Waals surface area (Å²) in [6.07, 6.45) is 1.28. The van der Waals surface area contributed by atoms with E-state index in [1.54, 1.807) is 11.3 Å². The molecule has 5 heteroatoms. The smallest absolute Gasteiger partial charge is 0.260 e. The molecule has 1 N–H and O–H groups in total. The van der Waals surface area contributed by atoms with E-state index in [1.165, 1.54) is 12.0 Å². The molecule has 0 unspecified atom stereocenters. The third-order valence-electron chi connectivity index (χ3n) is 5.45. The van der Waals surface area contributed by atoms with Crippen molar-refractivity contribution in [3.05, 3.63) is 50.9 Å². The van der Waals surface area contributed by atoms with E-state index in [0.29, 0.717) is 11.8 Å². The molecule has 0 radical (unpaired) electrons. The molecule has 1 fully saturated rings. The summed E-state index contributed by atoms with van der Waals surface area (Å²) in [5, 5.41) is 0.727. The minimum atomic E-state index is -0.0203. The van der Waals surface area contributed by atoms with Crippen molar-refractivity contribution in [3.8, 4) is 11.1 Å². The minimum Gasteiger partial charge on any atom is -0.309 e. The van der Waals surface area contributed by atoms with Crippen molar-refractivity contribution < 1.29 is 0 Å². The average molecular weight is 382 g/mol. The molecule has 2 aromatic heterocycles. The van der Waals surface area contributed by atoms with Gasteiger partial charge in [0.1, 0.15) is 10.7 Å². The molecule has 2 atom stereocenters. The summed E-state index contributed by atoms with van der Waals surface area (Å²) in [6, 6.07) is 8.36. The maximum atomic E-state index is 12.9. The number of H-pyrrole nitrogens is 1. The fourth-order valence-electron chi connectivity index (χ4n) is 4.44. The van der Waals surface area contributed by atoms with E-state index < -0.39 is 0 Å². The Morgan fingerprint density at radius 3 is 2.48 bits per heavy atom. The van der Waals surface area contributed by atoms with E-state index in [1.807, 2.05) is 0 Å². The number of fused-ring (bicyclic) bond motifs is 1. The summed E-state index contributed by atoms with van der Waals surface area (Å²) in [7, 11) is 0. The summed E-state index contributed by atoms with van der Waals surface area (Å²) in [6.45, 7) is 11.6. The SMILES string of the molecule is Cc1ccc(-c2c(C)sc3nc(CN4C[C@H](C)C[C@H](C)C4)[nH]c(=O)c23)cc1. The maximum absolute atomic E-state index is 12.9. The molecular formula is C22H27N3OS. The van der Waals surface area contributed by atoms with Crippen molar-refractivity contribution in [2.45, 2.75) is 40.7 Å². The maximum Gasteiger partial charge on any atom is 0.260 e. The van der Waals surface area contributed by atoms with Crippen LogP contribution < -0.4 is 5.56 Å². The second-order valence-corrected chi connectivity index (χ2v) is 9.44. The van der Waals surface area contributed by atoms with Gasteiger partial charge in [-0.1, -0.05) is 43.7 Å². The number of aryl methyl sites for hydroxylation is 2. The number of piperidine rings is 1. The Morgan fingerprint density at radius 2 is 1.81 bits per heavy atom. The van der Waals surface area contributed by atoms with Gasteiger partial charge in [-0.05, 0) is 37.7 Å². The molecule has 0 bridgehead atoms. The van der Waals surface area contributed by atoms with Crippen LogP contribution in [0.2, 0.25) is 0 Å². The van der Waals surface area contributed by atoms with Gasteiger partial charge in [0.05, 0.1) is 11.9 Å². The topological polar surface area (TPSA) is 49.0 Å². The molecule has 27 heavy (non-hydrogen) atoms. The van der Waals surface area contributed by atoms with Gasteiger partial charge >= 0.3 is 0 Å². The Balaban J connectivity index is 1.71. The number of hydrogen-bond donors (Lipinski definition) is 1. The van der Waals surface area contributed by atoms with Crippen LogP contribution in [0.3, 0.4) is 0 Å². The van der Waals surface area contributed by atoms with E-state index in [2.05, 4.69) is 61.8 Å². The number of rotatable bonds is 3. The van der Waals surface area contributed by atoms with Gasteiger partial charge in [-0.3, -0.25) is 9.69 Å². The largest absolute Gasteiger partial charge is 0.309 e. The molecule has 142 valence electrons. The molecule has 3 aromatic rings. The lowest BCUT2D eigenvalue weighted by Crippen LogP contribution is -2.38. The summed E-state index contributed by atoms with van der Waals surface area (Å²) in [5.41, 5.74) is 3.31. The van der Waals surface area contributed by atoms with Gasteiger partial charge < -0.3 is 4.98 Å². The lowest BCUT2D eigenvalue weighted by Gasteiger charge is -2.34. The molecule has 0 aliphatic carbocycles. The third kappa shape index (κ3) is 3.71. The fraction of sp³-hybridized carbons (Fsp3) is 0.455. The molecule has 1 aromatic carbocycles. The number of hydrogen-bond acceptors (Lipinski definition) is 4. The molecule has 4 nitrogen and oxygen atoms in total. The van der Waals surface area contributed by atoms with Crippen molar-refractivity contribution >= 4 is 21.6 Å². The zero-order valence-electron chi connectivity index (χ0n) is 16.5. The molecule has 0 spiro atoms. The van der Waals surface area contributed by atoms with E-state index in [4.69, 9.17) is 4.98 Å². The predicted octanol–water partition coefficient (Wildman–Crippen LogP) is 4.75. The predicted molar refractivity (Wildman–Crippen MR) is 113 cm³/mol. The molecule has 0 saturated carbocycles. The van der Waals surface area contributed by atoms with Gasteiger partial charge in [-0.15, -0.1) is 11.3 Å². The number of thiophene rings is 1. The summed E-state index contributed by atoms with van der Waals surface area (Å²) < 4.78 is 0. The Bertz CT molecular complexity index is 1010. The van der Waals surface area contributed by atoms with Gasteiger partial charge in [0.25, 0.3) is 5.56 Å².